The SMILES string of the molecule is CCC(C(=O)Nc1cc(-c2ccc(C)s2)[nH]n1)N1CCCC1=O. The summed E-state index contributed by atoms with van der Waals surface area (Å²) in [7, 11) is 0. The molecule has 1 saturated heterocycles. The highest BCUT2D eigenvalue weighted by Gasteiger charge is 2.31. The molecule has 0 radical (unpaired) electrons. The molecule has 0 aromatic carbocycles. The monoisotopic (exact) mass is 332 g/mol. The third kappa shape index (κ3) is 3.29. The minimum absolute atomic E-state index is 0.0591. The van der Waals surface area contributed by atoms with Crippen LogP contribution in [0.1, 0.15) is 31.1 Å². The minimum Gasteiger partial charge on any atom is -0.331 e. The second-order valence-electron chi connectivity index (χ2n) is 5.68. The molecular weight excluding hydrogens is 312 g/mol. The normalized spacial score (nSPS) is 15.9. The number of anilines is 1. The van der Waals surface area contributed by atoms with Crippen LogP contribution < -0.4 is 5.32 Å². The summed E-state index contributed by atoms with van der Waals surface area (Å²) in [5.41, 5.74) is 0.878. The third-order valence-corrected chi connectivity index (χ3v) is 5.04. The van der Waals surface area contributed by atoms with Crippen molar-refractivity contribution >= 4 is 29.0 Å². The van der Waals surface area contributed by atoms with Crippen molar-refractivity contribution in [3.05, 3.63) is 23.1 Å². The highest BCUT2D eigenvalue weighted by molar-refractivity contribution is 7.15. The number of rotatable bonds is 5. The molecule has 0 aliphatic carbocycles. The average molecular weight is 332 g/mol. The summed E-state index contributed by atoms with van der Waals surface area (Å²) in [4.78, 5) is 28.3. The van der Waals surface area contributed by atoms with E-state index < -0.39 is 6.04 Å². The third-order valence-electron chi connectivity index (χ3n) is 4.01. The van der Waals surface area contributed by atoms with Gasteiger partial charge >= 0.3 is 0 Å². The predicted octanol–water partition coefficient (Wildman–Crippen LogP) is 2.79. The molecule has 2 aromatic heterocycles. The Bertz CT molecular complexity index is 721. The molecule has 23 heavy (non-hydrogen) atoms. The van der Waals surface area contributed by atoms with E-state index in [2.05, 4.69) is 15.5 Å². The molecule has 6 nitrogen and oxygen atoms in total. The minimum atomic E-state index is -0.422. The summed E-state index contributed by atoms with van der Waals surface area (Å²) in [6.45, 7) is 4.62. The van der Waals surface area contributed by atoms with Gasteiger partial charge in [-0.3, -0.25) is 14.7 Å². The van der Waals surface area contributed by atoms with Crippen LogP contribution in [0.3, 0.4) is 0 Å². The van der Waals surface area contributed by atoms with Crippen molar-refractivity contribution in [2.24, 2.45) is 0 Å². The number of hydrogen-bond acceptors (Lipinski definition) is 4. The molecule has 7 heteroatoms. The van der Waals surface area contributed by atoms with Crippen molar-refractivity contribution in [2.75, 3.05) is 11.9 Å². The molecule has 0 saturated carbocycles. The van der Waals surface area contributed by atoms with Crippen molar-refractivity contribution in [1.29, 1.82) is 0 Å². The van der Waals surface area contributed by atoms with Gasteiger partial charge in [-0.15, -0.1) is 11.3 Å². The van der Waals surface area contributed by atoms with Crippen molar-refractivity contribution in [3.8, 4) is 10.6 Å². The summed E-state index contributed by atoms with van der Waals surface area (Å²) in [6.07, 6.45) is 1.96. The zero-order valence-electron chi connectivity index (χ0n) is 13.3. The largest absolute Gasteiger partial charge is 0.331 e. The van der Waals surface area contributed by atoms with Gasteiger partial charge in [0.1, 0.15) is 6.04 Å². The lowest BCUT2D eigenvalue weighted by molar-refractivity contribution is -0.135. The Morgan fingerprint density at radius 2 is 2.35 bits per heavy atom. The van der Waals surface area contributed by atoms with Crippen LogP contribution >= 0.6 is 11.3 Å². The fraction of sp³-hybridized carbons (Fsp3) is 0.438. The molecule has 1 unspecified atom stereocenters. The van der Waals surface area contributed by atoms with Gasteiger partial charge in [-0.2, -0.15) is 5.10 Å². The molecule has 3 heterocycles. The van der Waals surface area contributed by atoms with E-state index in [0.717, 1.165) is 17.0 Å². The number of nitrogens with zero attached hydrogens (tertiary/aromatic N) is 2. The van der Waals surface area contributed by atoms with Gasteiger partial charge in [-0.05, 0) is 31.9 Å². The predicted molar refractivity (Wildman–Crippen MR) is 90.3 cm³/mol. The topological polar surface area (TPSA) is 78.1 Å². The highest BCUT2D eigenvalue weighted by atomic mass is 32.1. The number of nitrogens with one attached hydrogen (secondary N) is 2. The van der Waals surface area contributed by atoms with E-state index in [1.165, 1.54) is 4.88 Å². The standard InChI is InChI=1S/C16H20N4O2S/c1-3-12(20-8-4-5-15(20)21)16(22)17-14-9-11(18-19-14)13-7-6-10(2)23-13/h6-7,9,12H,3-5,8H2,1-2H3,(H2,17,18,19,22). The molecule has 0 spiro atoms. The van der Waals surface area contributed by atoms with Crippen LogP contribution in [0.4, 0.5) is 5.82 Å². The lowest BCUT2D eigenvalue weighted by Crippen LogP contribution is -2.44. The molecule has 3 rings (SSSR count). The second kappa shape index (κ2) is 6.54. The number of aromatic amines is 1. The summed E-state index contributed by atoms with van der Waals surface area (Å²) in [6, 6.07) is 5.47. The van der Waals surface area contributed by atoms with Crippen molar-refractivity contribution in [3.63, 3.8) is 0 Å². The fourth-order valence-corrected chi connectivity index (χ4v) is 3.68. The Labute approximate surface area is 138 Å². The van der Waals surface area contributed by atoms with E-state index in [4.69, 9.17) is 0 Å². The van der Waals surface area contributed by atoms with Gasteiger partial charge in [0.25, 0.3) is 0 Å². The highest BCUT2D eigenvalue weighted by Crippen LogP contribution is 2.27. The number of aryl methyl sites for hydroxylation is 1. The van der Waals surface area contributed by atoms with Gasteiger partial charge < -0.3 is 10.2 Å². The van der Waals surface area contributed by atoms with Crippen LogP contribution in [0.25, 0.3) is 10.6 Å². The zero-order valence-corrected chi connectivity index (χ0v) is 14.1. The molecule has 1 aliphatic heterocycles. The lowest BCUT2D eigenvalue weighted by atomic mass is 10.2. The molecule has 122 valence electrons. The van der Waals surface area contributed by atoms with Gasteiger partial charge in [0.2, 0.25) is 11.8 Å². The summed E-state index contributed by atoms with van der Waals surface area (Å²) < 4.78 is 0. The number of carbonyl (C=O) groups excluding carboxylic acids is 2. The van der Waals surface area contributed by atoms with Gasteiger partial charge in [0.05, 0.1) is 10.6 Å². The van der Waals surface area contributed by atoms with E-state index in [1.807, 2.05) is 32.0 Å². The molecule has 2 amide bonds. The quantitative estimate of drug-likeness (QED) is 0.884. The van der Waals surface area contributed by atoms with E-state index in [1.54, 1.807) is 16.2 Å². The maximum absolute atomic E-state index is 12.5. The van der Waals surface area contributed by atoms with E-state index >= 15 is 0 Å². The Balaban J connectivity index is 1.70. The number of likely N-dealkylation sites (tertiary alicyclic amines) is 1. The molecule has 2 N–H and O–H groups in total. The Hall–Kier alpha value is -2.15. The van der Waals surface area contributed by atoms with E-state index in [0.29, 0.717) is 25.2 Å². The number of carbonyl (C=O) groups is 2. The van der Waals surface area contributed by atoms with Gasteiger partial charge in [-0.25, -0.2) is 0 Å². The van der Waals surface area contributed by atoms with Crippen LogP contribution in [-0.2, 0) is 9.59 Å². The summed E-state index contributed by atoms with van der Waals surface area (Å²) >= 11 is 1.67. The first-order valence-electron chi connectivity index (χ1n) is 7.81. The van der Waals surface area contributed by atoms with Gasteiger partial charge in [-0.1, -0.05) is 6.92 Å². The molecular formula is C16H20N4O2S. The Kier molecular flexibility index (Phi) is 4.47. The first-order valence-corrected chi connectivity index (χ1v) is 8.62. The molecule has 1 atom stereocenters. The number of thiophene rings is 1. The number of aromatic nitrogens is 2. The first-order chi connectivity index (χ1) is 11.1. The number of H-pyrrole nitrogens is 1. The zero-order chi connectivity index (χ0) is 16.4. The second-order valence-corrected chi connectivity index (χ2v) is 6.97. The first kappa shape index (κ1) is 15.7. The number of hydrogen-bond donors (Lipinski definition) is 2. The molecule has 1 aliphatic rings. The number of amides is 2. The van der Waals surface area contributed by atoms with E-state index in [9.17, 15) is 9.59 Å². The summed E-state index contributed by atoms with van der Waals surface area (Å²) in [5, 5.41) is 9.91. The van der Waals surface area contributed by atoms with Crippen LogP contribution in [-0.4, -0.2) is 39.5 Å². The Morgan fingerprint density at radius 3 is 2.96 bits per heavy atom. The molecule has 1 fully saturated rings. The fourth-order valence-electron chi connectivity index (χ4n) is 2.85. The average Bonchev–Trinajstić information content (AvgIpc) is 3.23. The maximum Gasteiger partial charge on any atom is 0.248 e. The summed E-state index contributed by atoms with van der Waals surface area (Å²) in [5.74, 6) is 0.369. The van der Waals surface area contributed by atoms with Crippen molar-refractivity contribution in [1.82, 2.24) is 15.1 Å². The smallest absolute Gasteiger partial charge is 0.248 e. The van der Waals surface area contributed by atoms with E-state index in [-0.39, 0.29) is 11.8 Å². The Morgan fingerprint density at radius 1 is 1.52 bits per heavy atom. The van der Waals surface area contributed by atoms with Gasteiger partial charge in [0, 0.05) is 23.9 Å². The van der Waals surface area contributed by atoms with Crippen LogP contribution in [0.15, 0.2) is 18.2 Å². The van der Waals surface area contributed by atoms with Crippen LogP contribution in [0, 0.1) is 6.92 Å². The van der Waals surface area contributed by atoms with Gasteiger partial charge in [0.15, 0.2) is 5.82 Å². The van der Waals surface area contributed by atoms with Crippen LogP contribution in [0.2, 0.25) is 0 Å². The van der Waals surface area contributed by atoms with Crippen molar-refractivity contribution < 1.29 is 9.59 Å². The van der Waals surface area contributed by atoms with Crippen LogP contribution in [0.5, 0.6) is 0 Å². The lowest BCUT2D eigenvalue weighted by Gasteiger charge is -2.25. The molecule has 0 bridgehead atoms. The maximum atomic E-state index is 12.5. The van der Waals surface area contributed by atoms with Crippen molar-refractivity contribution in [2.45, 2.75) is 39.2 Å². The molecule has 2 aromatic rings.